The maximum Gasteiger partial charge on any atom is 0.267 e. The summed E-state index contributed by atoms with van der Waals surface area (Å²) in [6.07, 6.45) is 1.36. The molecule has 2 N–H and O–H groups in total. The summed E-state index contributed by atoms with van der Waals surface area (Å²) in [6, 6.07) is 16.3. The monoisotopic (exact) mass is 316 g/mol. The number of aryl methyl sites for hydroxylation is 2. The summed E-state index contributed by atoms with van der Waals surface area (Å²) >= 11 is 0. The number of amides is 1. The number of anilines is 2. The Balaban J connectivity index is 2.17. The van der Waals surface area contributed by atoms with Gasteiger partial charge in [-0.2, -0.15) is 10.5 Å². The van der Waals surface area contributed by atoms with Crippen molar-refractivity contribution in [2.24, 2.45) is 0 Å². The topological polar surface area (TPSA) is 88.7 Å². The molecule has 5 nitrogen and oxygen atoms in total. The second-order valence-corrected chi connectivity index (χ2v) is 5.24. The van der Waals surface area contributed by atoms with Crippen LogP contribution in [0.5, 0.6) is 0 Å². The van der Waals surface area contributed by atoms with Gasteiger partial charge in [-0.1, -0.05) is 29.8 Å². The number of rotatable bonds is 4. The molecule has 2 aromatic carbocycles. The Bertz CT molecular complexity index is 885. The molecular formula is C19H16N4O. The molecule has 2 aromatic rings. The van der Waals surface area contributed by atoms with Gasteiger partial charge in [0.25, 0.3) is 5.91 Å². The van der Waals surface area contributed by atoms with E-state index in [0.29, 0.717) is 11.3 Å². The molecule has 0 spiro atoms. The van der Waals surface area contributed by atoms with Crippen LogP contribution in [0.1, 0.15) is 16.7 Å². The predicted molar refractivity (Wildman–Crippen MR) is 93.0 cm³/mol. The van der Waals surface area contributed by atoms with E-state index in [1.807, 2.05) is 44.2 Å². The third-order valence-corrected chi connectivity index (χ3v) is 3.41. The first kappa shape index (κ1) is 16.8. The van der Waals surface area contributed by atoms with Gasteiger partial charge in [0.05, 0.1) is 11.3 Å². The summed E-state index contributed by atoms with van der Waals surface area (Å²) in [5, 5.41) is 23.8. The van der Waals surface area contributed by atoms with E-state index in [2.05, 4.69) is 10.6 Å². The third-order valence-electron chi connectivity index (χ3n) is 3.41. The van der Waals surface area contributed by atoms with E-state index in [0.717, 1.165) is 16.8 Å². The number of nitrogens with zero attached hydrogens (tertiary/aromatic N) is 2. The Hall–Kier alpha value is -3.57. The maximum atomic E-state index is 12.2. The van der Waals surface area contributed by atoms with Crippen molar-refractivity contribution in [2.45, 2.75) is 13.8 Å². The maximum absolute atomic E-state index is 12.2. The van der Waals surface area contributed by atoms with E-state index in [4.69, 9.17) is 5.26 Å². The van der Waals surface area contributed by atoms with Crippen molar-refractivity contribution in [1.82, 2.24) is 0 Å². The molecule has 1 amide bonds. The van der Waals surface area contributed by atoms with Gasteiger partial charge in [-0.3, -0.25) is 4.79 Å². The standard InChI is InChI=1S/C19H16N4O/c1-13-7-8-17(14(2)9-13)22-12-16(11-21)19(24)23-18-6-4-3-5-15(18)10-20/h3-9,12,22H,1-2H3,(H,23,24)/b16-12-. The molecular weight excluding hydrogens is 300 g/mol. The first-order chi connectivity index (χ1) is 11.5. The van der Waals surface area contributed by atoms with Crippen LogP contribution < -0.4 is 10.6 Å². The van der Waals surface area contributed by atoms with Crippen molar-refractivity contribution in [3.63, 3.8) is 0 Å². The highest BCUT2D eigenvalue weighted by atomic mass is 16.1. The lowest BCUT2D eigenvalue weighted by molar-refractivity contribution is -0.112. The van der Waals surface area contributed by atoms with Crippen LogP contribution in [0.15, 0.2) is 54.2 Å². The fourth-order valence-electron chi connectivity index (χ4n) is 2.15. The third kappa shape index (κ3) is 4.00. The lowest BCUT2D eigenvalue weighted by Gasteiger charge is -2.08. The largest absolute Gasteiger partial charge is 0.360 e. The van der Waals surface area contributed by atoms with E-state index in [9.17, 15) is 10.1 Å². The molecule has 0 atom stereocenters. The summed E-state index contributed by atoms with van der Waals surface area (Å²) in [7, 11) is 0. The lowest BCUT2D eigenvalue weighted by Crippen LogP contribution is -2.15. The van der Waals surface area contributed by atoms with Crippen molar-refractivity contribution < 1.29 is 4.79 Å². The molecule has 0 aromatic heterocycles. The van der Waals surface area contributed by atoms with Gasteiger partial charge in [0, 0.05) is 11.9 Å². The van der Waals surface area contributed by atoms with Crippen molar-refractivity contribution in [2.75, 3.05) is 10.6 Å². The van der Waals surface area contributed by atoms with Crippen LogP contribution in [0.2, 0.25) is 0 Å². The van der Waals surface area contributed by atoms with E-state index >= 15 is 0 Å². The molecule has 0 radical (unpaired) electrons. The van der Waals surface area contributed by atoms with Crippen molar-refractivity contribution >= 4 is 17.3 Å². The summed E-state index contributed by atoms with van der Waals surface area (Å²) in [4.78, 5) is 12.2. The number of hydrogen-bond donors (Lipinski definition) is 2. The van der Waals surface area contributed by atoms with Gasteiger partial charge < -0.3 is 10.6 Å². The molecule has 24 heavy (non-hydrogen) atoms. The first-order valence-electron chi connectivity index (χ1n) is 7.29. The van der Waals surface area contributed by atoms with Gasteiger partial charge in [0.2, 0.25) is 0 Å². The van der Waals surface area contributed by atoms with Crippen LogP contribution in [0.25, 0.3) is 0 Å². The molecule has 0 aliphatic heterocycles. The zero-order valence-corrected chi connectivity index (χ0v) is 13.4. The van der Waals surface area contributed by atoms with Gasteiger partial charge >= 0.3 is 0 Å². The predicted octanol–water partition coefficient (Wildman–Crippen LogP) is 3.63. The average Bonchev–Trinajstić information content (AvgIpc) is 2.57. The summed E-state index contributed by atoms with van der Waals surface area (Å²) in [6.45, 7) is 3.94. The van der Waals surface area contributed by atoms with Crippen LogP contribution in [0, 0.1) is 36.5 Å². The van der Waals surface area contributed by atoms with Crippen molar-refractivity contribution in [3.05, 3.63) is 70.9 Å². The smallest absolute Gasteiger partial charge is 0.267 e. The second-order valence-electron chi connectivity index (χ2n) is 5.24. The SMILES string of the molecule is Cc1ccc(N/C=C(/C#N)C(=O)Nc2ccccc2C#N)c(C)c1. The molecule has 2 rings (SSSR count). The molecule has 0 aliphatic carbocycles. The summed E-state index contributed by atoms with van der Waals surface area (Å²) in [5.41, 5.74) is 3.59. The van der Waals surface area contributed by atoms with E-state index < -0.39 is 5.91 Å². The molecule has 0 saturated heterocycles. The summed E-state index contributed by atoms with van der Waals surface area (Å²) < 4.78 is 0. The quantitative estimate of drug-likeness (QED) is 0.666. The van der Waals surface area contributed by atoms with Gasteiger partial charge in [0.1, 0.15) is 17.7 Å². The minimum atomic E-state index is -0.572. The molecule has 0 heterocycles. The summed E-state index contributed by atoms with van der Waals surface area (Å²) in [5.74, 6) is -0.572. The van der Waals surface area contributed by atoms with E-state index in [-0.39, 0.29) is 5.57 Å². The normalized spacial score (nSPS) is 10.4. The van der Waals surface area contributed by atoms with Crippen molar-refractivity contribution in [3.8, 4) is 12.1 Å². The highest BCUT2D eigenvalue weighted by molar-refractivity contribution is 6.07. The van der Waals surface area contributed by atoms with Crippen LogP contribution in [-0.4, -0.2) is 5.91 Å². The molecule has 0 fully saturated rings. The number of carbonyl (C=O) groups excluding carboxylic acids is 1. The van der Waals surface area contributed by atoms with Crippen LogP contribution in [0.4, 0.5) is 11.4 Å². The average molecular weight is 316 g/mol. The van der Waals surface area contributed by atoms with Gasteiger partial charge in [-0.25, -0.2) is 0 Å². The van der Waals surface area contributed by atoms with Crippen molar-refractivity contribution in [1.29, 1.82) is 10.5 Å². The highest BCUT2D eigenvalue weighted by Gasteiger charge is 2.11. The minimum Gasteiger partial charge on any atom is -0.360 e. The van der Waals surface area contributed by atoms with E-state index in [1.54, 1.807) is 24.3 Å². The van der Waals surface area contributed by atoms with E-state index in [1.165, 1.54) is 6.20 Å². The zero-order chi connectivity index (χ0) is 17.5. The van der Waals surface area contributed by atoms with Crippen LogP contribution in [0.3, 0.4) is 0 Å². The van der Waals surface area contributed by atoms with Gasteiger partial charge in [0.15, 0.2) is 0 Å². The molecule has 0 aliphatic rings. The number of benzene rings is 2. The Morgan fingerprint density at radius 2 is 1.83 bits per heavy atom. The number of para-hydroxylation sites is 1. The Morgan fingerprint density at radius 3 is 2.50 bits per heavy atom. The molecule has 0 bridgehead atoms. The second kappa shape index (κ2) is 7.62. The Labute approximate surface area is 140 Å². The Morgan fingerprint density at radius 1 is 1.08 bits per heavy atom. The molecule has 0 unspecified atom stereocenters. The fraction of sp³-hybridized carbons (Fsp3) is 0.105. The fourth-order valence-corrected chi connectivity index (χ4v) is 2.15. The molecule has 5 heteroatoms. The minimum absolute atomic E-state index is 0.0808. The van der Waals surface area contributed by atoms with Gasteiger partial charge in [-0.15, -0.1) is 0 Å². The number of nitrogens with one attached hydrogen (secondary N) is 2. The van der Waals surface area contributed by atoms with Crippen LogP contribution >= 0.6 is 0 Å². The zero-order valence-electron chi connectivity index (χ0n) is 13.4. The Kier molecular flexibility index (Phi) is 5.33. The number of nitriles is 2. The highest BCUT2D eigenvalue weighted by Crippen LogP contribution is 2.17. The lowest BCUT2D eigenvalue weighted by atomic mass is 10.1. The van der Waals surface area contributed by atoms with Gasteiger partial charge in [-0.05, 0) is 37.6 Å². The molecule has 0 saturated carbocycles. The first-order valence-corrected chi connectivity index (χ1v) is 7.29. The number of carbonyl (C=O) groups is 1. The number of hydrogen-bond acceptors (Lipinski definition) is 4. The van der Waals surface area contributed by atoms with Crippen LogP contribution in [-0.2, 0) is 4.79 Å². The molecule has 118 valence electrons.